The smallest absolute Gasteiger partial charge is 0.462 e. The molecule has 0 aliphatic heterocycles. The van der Waals surface area contributed by atoms with E-state index in [4.69, 9.17) is 24.3 Å². The largest absolute Gasteiger partial charge is 0.472 e. The van der Waals surface area contributed by atoms with Crippen molar-refractivity contribution < 1.29 is 37.6 Å². The molecule has 0 aromatic heterocycles. The molecular weight excluding hydrogens is 1190 g/mol. The number of carbonyl (C=O) groups excluding carboxylic acids is 2. The molecule has 0 aromatic carbocycles. The molecule has 10 heteroatoms. The van der Waals surface area contributed by atoms with Gasteiger partial charge in [0.25, 0.3) is 0 Å². The predicted octanol–water partition coefficient (Wildman–Crippen LogP) is 27.0. The molecule has 0 saturated carbocycles. The lowest BCUT2D eigenvalue weighted by Crippen LogP contribution is -2.29. The van der Waals surface area contributed by atoms with Gasteiger partial charge in [-0.15, -0.1) is 0 Å². The molecule has 0 radical (unpaired) electrons. The van der Waals surface area contributed by atoms with Gasteiger partial charge in [0.2, 0.25) is 0 Å². The number of rotatable bonds is 75. The molecule has 95 heavy (non-hydrogen) atoms. The van der Waals surface area contributed by atoms with Crippen LogP contribution in [0.1, 0.15) is 373 Å². The van der Waals surface area contributed by atoms with Gasteiger partial charge in [-0.3, -0.25) is 18.6 Å². The fourth-order valence-electron chi connectivity index (χ4n) is 11.5. The van der Waals surface area contributed by atoms with E-state index in [1.807, 2.05) is 0 Å². The van der Waals surface area contributed by atoms with Gasteiger partial charge in [0.05, 0.1) is 13.2 Å². The topological polar surface area (TPSA) is 134 Å². The van der Waals surface area contributed by atoms with Gasteiger partial charge in [0, 0.05) is 19.4 Å². The first-order valence-electron chi connectivity index (χ1n) is 40.0. The van der Waals surface area contributed by atoms with Crippen LogP contribution in [0.4, 0.5) is 0 Å². The third-order valence-corrected chi connectivity index (χ3v) is 18.3. The number of phosphoric acid groups is 1. The average Bonchev–Trinajstić information content (AvgIpc) is 3.25. The first-order valence-corrected chi connectivity index (χ1v) is 41.5. The van der Waals surface area contributed by atoms with Crippen LogP contribution >= 0.6 is 7.82 Å². The Kier molecular flexibility index (Phi) is 76.4. The Labute approximate surface area is 587 Å². The molecule has 0 aliphatic carbocycles. The van der Waals surface area contributed by atoms with Crippen LogP contribution in [0.25, 0.3) is 0 Å². The highest BCUT2D eigenvalue weighted by molar-refractivity contribution is 7.47. The second-order valence-electron chi connectivity index (χ2n) is 26.6. The summed E-state index contributed by atoms with van der Waals surface area (Å²) >= 11 is 0. The van der Waals surface area contributed by atoms with Gasteiger partial charge < -0.3 is 20.1 Å². The lowest BCUT2D eigenvalue weighted by molar-refractivity contribution is -0.161. The number of hydrogen-bond donors (Lipinski definition) is 2. The van der Waals surface area contributed by atoms with Crippen molar-refractivity contribution >= 4 is 19.8 Å². The molecule has 0 aliphatic rings. The van der Waals surface area contributed by atoms with E-state index in [0.717, 1.165) is 109 Å². The number of allylic oxidation sites excluding steroid dienone is 20. The molecule has 0 spiro atoms. The maximum Gasteiger partial charge on any atom is 0.472 e. The molecule has 548 valence electrons. The van der Waals surface area contributed by atoms with Crippen LogP contribution in [0.2, 0.25) is 0 Å². The Balaban J connectivity index is 3.84. The SMILES string of the molecule is CC/C=C\C/C=C\C/C=C\C/C=C\C/C=C\C/C=C\C/C=C\C/C=C\C/C=C\CCCCCCCC(=O)OC(COC(=O)CCCCCCCCCCCCCCCCCCCCCCCCCCCCCCC/C=C\CCCCCCCCCC)COP(=O)(O)OCCN. The van der Waals surface area contributed by atoms with E-state index in [-0.39, 0.29) is 38.6 Å². The van der Waals surface area contributed by atoms with E-state index >= 15 is 0 Å². The second kappa shape index (κ2) is 79.4. The van der Waals surface area contributed by atoms with E-state index in [0.29, 0.717) is 6.42 Å². The number of esters is 2. The van der Waals surface area contributed by atoms with Crippen molar-refractivity contribution in [1.82, 2.24) is 0 Å². The van der Waals surface area contributed by atoms with Crippen LogP contribution < -0.4 is 5.73 Å². The average molecular weight is 1350 g/mol. The molecule has 2 atom stereocenters. The lowest BCUT2D eigenvalue weighted by Gasteiger charge is -2.19. The van der Waals surface area contributed by atoms with Crippen molar-refractivity contribution in [3.8, 4) is 0 Å². The molecule has 0 heterocycles. The maximum absolute atomic E-state index is 12.8. The summed E-state index contributed by atoms with van der Waals surface area (Å²) in [6.07, 6.45) is 112. The lowest BCUT2D eigenvalue weighted by atomic mass is 10.0. The van der Waals surface area contributed by atoms with Crippen LogP contribution in [0.15, 0.2) is 122 Å². The highest BCUT2D eigenvalue weighted by Crippen LogP contribution is 2.43. The maximum atomic E-state index is 12.8. The summed E-state index contributed by atoms with van der Waals surface area (Å²) in [4.78, 5) is 35.4. The second-order valence-corrected chi connectivity index (χ2v) is 28.0. The standard InChI is InChI=1S/C85H150NO8P/c1-3-5-7-9-11-13-15-17-19-21-23-25-27-29-31-33-35-37-38-39-40-41-42-43-44-46-47-49-51-53-55-57-59-61-63-65-67-69-71-73-75-77-84(87)91-81-83(82-93-95(89,90)92-80-79-86)94-85(88)78-76-74-72-70-68-66-64-62-60-58-56-54-52-50-48-45-36-34-32-30-28-26-24-22-20-18-16-14-12-10-8-6-4-2/h6,8,12,14,18,20-21,23-24,26,30,32,36,45,50,52,56,58,62,64,83H,3-5,7,9-11,13,15-17,19,22,25,27-29,31,33-35,37-44,46-49,51,53-55,57,59-61,63,65-82,86H2,1-2H3,(H,89,90)/b8-6-,14-12-,20-18-,23-21-,26-24-,32-30-,45-36-,52-50-,58-56-,64-62-. The molecular formula is C85H150NO8P. The number of ether oxygens (including phenoxy) is 2. The Hall–Kier alpha value is -3.59. The van der Waals surface area contributed by atoms with E-state index in [2.05, 4.69) is 135 Å². The molecule has 2 unspecified atom stereocenters. The zero-order chi connectivity index (χ0) is 68.6. The number of hydrogen-bond acceptors (Lipinski definition) is 8. The van der Waals surface area contributed by atoms with Gasteiger partial charge in [0.1, 0.15) is 6.61 Å². The van der Waals surface area contributed by atoms with Gasteiger partial charge in [0.15, 0.2) is 6.10 Å². The molecule has 0 bridgehead atoms. The molecule has 9 nitrogen and oxygen atoms in total. The van der Waals surface area contributed by atoms with Crippen molar-refractivity contribution in [2.75, 3.05) is 26.4 Å². The van der Waals surface area contributed by atoms with Crippen molar-refractivity contribution in [3.63, 3.8) is 0 Å². The minimum absolute atomic E-state index is 0.0454. The molecule has 0 fully saturated rings. The molecule has 3 N–H and O–H groups in total. The Morgan fingerprint density at radius 2 is 0.579 bits per heavy atom. The minimum atomic E-state index is -4.41. The number of phosphoric ester groups is 1. The first kappa shape index (κ1) is 91.4. The summed E-state index contributed by atoms with van der Waals surface area (Å²) in [5.74, 6) is -0.843. The van der Waals surface area contributed by atoms with Crippen LogP contribution in [0.3, 0.4) is 0 Å². The third-order valence-electron chi connectivity index (χ3n) is 17.3. The highest BCUT2D eigenvalue weighted by atomic mass is 31.2. The van der Waals surface area contributed by atoms with Crippen molar-refractivity contribution in [1.29, 1.82) is 0 Å². The fourth-order valence-corrected chi connectivity index (χ4v) is 12.2. The van der Waals surface area contributed by atoms with Crippen LogP contribution in [0, 0.1) is 0 Å². The van der Waals surface area contributed by atoms with Gasteiger partial charge >= 0.3 is 19.8 Å². The van der Waals surface area contributed by atoms with Crippen LogP contribution in [-0.4, -0.2) is 49.3 Å². The Bertz CT molecular complexity index is 1980. The first-order chi connectivity index (χ1) is 46.8. The summed E-state index contributed by atoms with van der Waals surface area (Å²) in [6, 6.07) is 0. The third kappa shape index (κ3) is 79.3. The van der Waals surface area contributed by atoms with Gasteiger partial charge in [-0.05, 0) is 109 Å². The number of unbranched alkanes of at least 4 members (excludes halogenated alkanes) is 42. The van der Waals surface area contributed by atoms with E-state index in [1.165, 1.54) is 231 Å². The fraction of sp³-hybridized carbons (Fsp3) is 0.741. The summed E-state index contributed by atoms with van der Waals surface area (Å²) in [6.45, 7) is 3.64. The highest BCUT2D eigenvalue weighted by Gasteiger charge is 2.26. The Morgan fingerprint density at radius 1 is 0.326 bits per heavy atom. The number of carbonyl (C=O) groups is 2. The van der Waals surface area contributed by atoms with Crippen LogP contribution in [-0.2, 0) is 32.7 Å². The molecule has 0 saturated heterocycles. The predicted molar refractivity (Wildman–Crippen MR) is 413 cm³/mol. The van der Waals surface area contributed by atoms with Crippen molar-refractivity contribution in [2.24, 2.45) is 5.73 Å². The summed E-state index contributed by atoms with van der Waals surface area (Å²) in [5, 5.41) is 0. The van der Waals surface area contributed by atoms with Crippen molar-refractivity contribution in [3.05, 3.63) is 122 Å². The van der Waals surface area contributed by atoms with Crippen molar-refractivity contribution in [2.45, 2.75) is 380 Å². The normalized spacial score (nSPS) is 13.5. The quantitative estimate of drug-likeness (QED) is 0.0264. The van der Waals surface area contributed by atoms with E-state index in [9.17, 15) is 19.0 Å². The zero-order valence-corrected chi connectivity index (χ0v) is 62.8. The minimum Gasteiger partial charge on any atom is -0.462 e. The van der Waals surface area contributed by atoms with Gasteiger partial charge in [-0.25, -0.2) is 4.57 Å². The molecule has 0 rings (SSSR count). The molecule has 0 aromatic rings. The van der Waals surface area contributed by atoms with Gasteiger partial charge in [-0.2, -0.15) is 0 Å². The van der Waals surface area contributed by atoms with E-state index in [1.54, 1.807) is 0 Å². The summed E-state index contributed by atoms with van der Waals surface area (Å²) < 4.78 is 33.2. The molecule has 0 amide bonds. The summed E-state index contributed by atoms with van der Waals surface area (Å²) in [5.41, 5.74) is 5.41. The number of nitrogens with two attached hydrogens (primary N) is 1. The monoisotopic (exact) mass is 1340 g/mol. The van der Waals surface area contributed by atoms with E-state index < -0.39 is 26.5 Å². The zero-order valence-electron chi connectivity index (χ0n) is 61.9. The van der Waals surface area contributed by atoms with Crippen LogP contribution in [0.5, 0.6) is 0 Å². The van der Waals surface area contributed by atoms with Gasteiger partial charge in [-0.1, -0.05) is 373 Å². The summed E-state index contributed by atoms with van der Waals surface area (Å²) in [7, 11) is -4.41. The Morgan fingerprint density at radius 3 is 0.874 bits per heavy atom.